The molecule has 0 heterocycles. The minimum Gasteiger partial charge on any atom is -0.309 e. The predicted molar refractivity (Wildman–Crippen MR) is 73.4 cm³/mol. The van der Waals surface area contributed by atoms with Crippen LogP contribution in [0.4, 0.5) is 13.2 Å². The number of rotatable bonds is 3. The van der Waals surface area contributed by atoms with Gasteiger partial charge in [0, 0.05) is 5.56 Å². The lowest BCUT2D eigenvalue weighted by molar-refractivity contribution is 0.557. The standard InChI is InChI=1S/C15H13ClF3N/c1-8-5-9(3-4-12(8)17)15(20-2)10-6-14(19)11(16)7-13(10)18/h3-7,15,20H,1-2H3. The molecule has 0 fully saturated rings. The molecule has 0 saturated carbocycles. The quantitative estimate of drug-likeness (QED) is 0.830. The van der Waals surface area contributed by atoms with E-state index in [0.717, 1.165) is 12.1 Å². The third-order valence-corrected chi connectivity index (χ3v) is 3.44. The molecule has 1 nitrogen and oxygen atoms in total. The smallest absolute Gasteiger partial charge is 0.142 e. The van der Waals surface area contributed by atoms with Crippen molar-refractivity contribution in [1.82, 2.24) is 5.32 Å². The highest BCUT2D eigenvalue weighted by Crippen LogP contribution is 2.28. The van der Waals surface area contributed by atoms with Crippen LogP contribution in [0.25, 0.3) is 0 Å². The highest BCUT2D eigenvalue weighted by Gasteiger charge is 2.19. The summed E-state index contributed by atoms with van der Waals surface area (Å²) in [5.74, 6) is -1.65. The van der Waals surface area contributed by atoms with Gasteiger partial charge in [0.25, 0.3) is 0 Å². The first-order valence-electron chi connectivity index (χ1n) is 6.01. The molecule has 0 aliphatic carbocycles. The van der Waals surface area contributed by atoms with Crippen molar-refractivity contribution in [2.45, 2.75) is 13.0 Å². The molecule has 0 bridgehead atoms. The number of aryl methyl sites for hydroxylation is 1. The first-order valence-corrected chi connectivity index (χ1v) is 6.39. The summed E-state index contributed by atoms with van der Waals surface area (Å²) < 4.78 is 40.8. The molecular weight excluding hydrogens is 287 g/mol. The highest BCUT2D eigenvalue weighted by molar-refractivity contribution is 6.30. The molecule has 0 aliphatic rings. The molecule has 0 amide bonds. The number of benzene rings is 2. The van der Waals surface area contributed by atoms with Crippen molar-refractivity contribution in [2.75, 3.05) is 7.05 Å². The first-order chi connectivity index (χ1) is 9.43. The van der Waals surface area contributed by atoms with Crippen LogP contribution in [0.2, 0.25) is 5.02 Å². The van der Waals surface area contributed by atoms with Crippen LogP contribution in [-0.2, 0) is 0 Å². The maximum absolute atomic E-state index is 14.0. The normalized spacial score (nSPS) is 12.5. The Morgan fingerprint density at radius 3 is 2.30 bits per heavy atom. The molecule has 5 heteroatoms. The van der Waals surface area contributed by atoms with E-state index in [1.54, 1.807) is 20.0 Å². The largest absolute Gasteiger partial charge is 0.309 e. The fraction of sp³-hybridized carbons (Fsp3) is 0.200. The van der Waals surface area contributed by atoms with Gasteiger partial charge in [-0.2, -0.15) is 0 Å². The van der Waals surface area contributed by atoms with Crippen LogP contribution < -0.4 is 5.32 Å². The monoisotopic (exact) mass is 299 g/mol. The molecule has 2 aromatic rings. The Balaban J connectivity index is 2.52. The van der Waals surface area contributed by atoms with Crippen LogP contribution in [0.5, 0.6) is 0 Å². The number of halogens is 4. The van der Waals surface area contributed by atoms with Crippen LogP contribution in [0.3, 0.4) is 0 Å². The first kappa shape index (κ1) is 14.9. The third-order valence-electron chi connectivity index (χ3n) is 3.15. The second kappa shape index (κ2) is 5.85. The van der Waals surface area contributed by atoms with Gasteiger partial charge < -0.3 is 5.32 Å². The van der Waals surface area contributed by atoms with Crippen LogP contribution in [0.1, 0.15) is 22.7 Å². The third kappa shape index (κ3) is 2.81. The molecule has 0 radical (unpaired) electrons. The molecule has 1 atom stereocenters. The molecule has 0 spiro atoms. The number of hydrogen-bond donors (Lipinski definition) is 1. The van der Waals surface area contributed by atoms with Crippen molar-refractivity contribution in [3.05, 3.63) is 69.5 Å². The number of hydrogen-bond acceptors (Lipinski definition) is 1. The predicted octanol–water partition coefficient (Wildman–Crippen LogP) is 4.37. The summed E-state index contributed by atoms with van der Waals surface area (Å²) in [5, 5.41) is 2.63. The summed E-state index contributed by atoms with van der Waals surface area (Å²) in [7, 11) is 1.62. The Hall–Kier alpha value is -1.52. The molecule has 2 rings (SSSR count). The van der Waals surface area contributed by atoms with Gasteiger partial charge in [-0.25, -0.2) is 13.2 Å². The van der Waals surface area contributed by atoms with Crippen molar-refractivity contribution in [2.24, 2.45) is 0 Å². The van der Waals surface area contributed by atoms with Gasteiger partial charge in [0.1, 0.15) is 17.5 Å². The second-order valence-electron chi connectivity index (χ2n) is 4.52. The molecule has 0 saturated heterocycles. The average Bonchev–Trinajstić information content (AvgIpc) is 2.40. The summed E-state index contributed by atoms with van der Waals surface area (Å²) >= 11 is 5.54. The Bertz CT molecular complexity index is 643. The SMILES string of the molecule is CNC(c1ccc(F)c(C)c1)c1cc(F)c(Cl)cc1F. The summed E-state index contributed by atoms with van der Waals surface area (Å²) in [6.07, 6.45) is 0. The van der Waals surface area contributed by atoms with Gasteiger partial charge in [-0.1, -0.05) is 23.7 Å². The van der Waals surface area contributed by atoms with Gasteiger partial charge in [0.2, 0.25) is 0 Å². The fourth-order valence-corrected chi connectivity index (χ4v) is 2.26. The van der Waals surface area contributed by atoms with Gasteiger partial charge in [-0.05, 0) is 43.3 Å². The molecule has 1 N–H and O–H groups in total. The van der Waals surface area contributed by atoms with Crippen LogP contribution in [0, 0.1) is 24.4 Å². The number of nitrogens with one attached hydrogen (secondary N) is 1. The zero-order valence-electron chi connectivity index (χ0n) is 11.0. The summed E-state index contributed by atoms with van der Waals surface area (Å²) in [5.41, 5.74) is 1.21. The van der Waals surface area contributed by atoms with Crippen molar-refractivity contribution in [1.29, 1.82) is 0 Å². The van der Waals surface area contributed by atoms with Gasteiger partial charge in [0.05, 0.1) is 11.1 Å². The van der Waals surface area contributed by atoms with Gasteiger partial charge in [-0.3, -0.25) is 0 Å². The lowest BCUT2D eigenvalue weighted by Gasteiger charge is -2.19. The zero-order valence-corrected chi connectivity index (χ0v) is 11.7. The average molecular weight is 300 g/mol. The van der Waals surface area contributed by atoms with Crippen molar-refractivity contribution in [3.8, 4) is 0 Å². The van der Waals surface area contributed by atoms with E-state index in [9.17, 15) is 13.2 Å². The summed E-state index contributed by atoms with van der Waals surface area (Å²) in [6, 6.07) is 5.85. The molecule has 1 unspecified atom stereocenters. The molecule has 0 aromatic heterocycles. The van der Waals surface area contributed by atoms with Gasteiger partial charge in [-0.15, -0.1) is 0 Å². The van der Waals surface area contributed by atoms with Crippen LogP contribution >= 0.6 is 11.6 Å². The van der Waals surface area contributed by atoms with E-state index in [0.29, 0.717) is 11.1 Å². The van der Waals surface area contributed by atoms with Gasteiger partial charge in [0.15, 0.2) is 0 Å². The molecule has 0 aliphatic heterocycles. The second-order valence-corrected chi connectivity index (χ2v) is 4.93. The van der Waals surface area contributed by atoms with E-state index in [1.165, 1.54) is 12.1 Å². The van der Waals surface area contributed by atoms with Crippen LogP contribution in [-0.4, -0.2) is 7.05 Å². The molecule has 106 valence electrons. The minimum atomic E-state index is -0.692. The van der Waals surface area contributed by atoms with E-state index >= 15 is 0 Å². The molecular formula is C15H13ClF3N. The fourth-order valence-electron chi connectivity index (χ4n) is 2.11. The lowest BCUT2D eigenvalue weighted by Crippen LogP contribution is -2.19. The Labute approximate surface area is 120 Å². The van der Waals surface area contributed by atoms with Crippen molar-refractivity contribution < 1.29 is 13.2 Å². The highest BCUT2D eigenvalue weighted by atomic mass is 35.5. The van der Waals surface area contributed by atoms with E-state index in [4.69, 9.17) is 11.6 Å². The van der Waals surface area contributed by atoms with E-state index in [2.05, 4.69) is 5.32 Å². The molecule has 20 heavy (non-hydrogen) atoms. The van der Waals surface area contributed by atoms with Gasteiger partial charge >= 0.3 is 0 Å². The summed E-state index contributed by atoms with van der Waals surface area (Å²) in [4.78, 5) is 0. The Morgan fingerprint density at radius 2 is 1.70 bits per heavy atom. The van der Waals surface area contributed by atoms with Crippen LogP contribution in [0.15, 0.2) is 30.3 Å². The maximum atomic E-state index is 14.0. The van der Waals surface area contributed by atoms with Crippen molar-refractivity contribution >= 4 is 11.6 Å². The minimum absolute atomic E-state index is 0.125. The summed E-state index contributed by atoms with van der Waals surface area (Å²) in [6.45, 7) is 1.62. The van der Waals surface area contributed by atoms with E-state index in [1.807, 2.05) is 0 Å². The zero-order chi connectivity index (χ0) is 14.9. The topological polar surface area (TPSA) is 12.0 Å². The van der Waals surface area contributed by atoms with E-state index in [-0.39, 0.29) is 16.4 Å². The Kier molecular flexibility index (Phi) is 4.35. The molecule has 2 aromatic carbocycles. The Morgan fingerprint density at radius 1 is 1.00 bits per heavy atom. The lowest BCUT2D eigenvalue weighted by atomic mass is 9.96. The maximum Gasteiger partial charge on any atom is 0.142 e. The van der Waals surface area contributed by atoms with Crippen molar-refractivity contribution in [3.63, 3.8) is 0 Å². The van der Waals surface area contributed by atoms with E-state index < -0.39 is 17.7 Å².